The van der Waals surface area contributed by atoms with Gasteiger partial charge < -0.3 is 10.6 Å². The van der Waals surface area contributed by atoms with Crippen molar-refractivity contribution < 1.29 is 4.79 Å². The van der Waals surface area contributed by atoms with Gasteiger partial charge in [-0.15, -0.1) is 11.3 Å². The Hall–Kier alpha value is -1.46. The predicted octanol–water partition coefficient (Wildman–Crippen LogP) is 1.95. The monoisotopic (exact) mass is 248 g/mol. The SMILES string of the molecule is O=C1NC(=S)NC1c1csc2ccccc12. The van der Waals surface area contributed by atoms with Crippen molar-refractivity contribution in [2.75, 3.05) is 0 Å². The summed E-state index contributed by atoms with van der Waals surface area (Å²) < 4.78 is 1.19. The molecule has 80 valence electrons. The van der Waals surface area contributed by atoms with E-state index in [0.717, 1.165) is 10.9 Å². The van der Waals surface area contributed by atoms with Crippen LogP contribution in [0.5, 0.6) is 0 Å². The van der Waals surface area contributed by atoms with Crippen LogP contribution in [-0.2, 0) is 4.79 Å². The van der Waals surface area contributed by atoms with Crippen molar-refractivity contribution in [2.45, 2.75) is 6.04 Å². The lowest BCUT2D eigenvalue weighted by atomic mass is 10.1. The minimum absolute atomic E-state index is 0.0754. The van der Waals surface area contributed by atoms with Crippen molar-refractivity contribution in [3.8, 4) is 0 Å². The van der Waals surface area contributed by atoms with Crippen LogP contribution in [0.15, 0.2) is 29.6 Å². The lowest BCUT2D eigenvalue weighted by Crippen LogP contribution is -2.21. The van der Waals surface area contributed by atoms with Gasteiger partial charge in [-0.25, -0.2) is 0 Å². The van der Waals surface area contributed by atoms with Gasteiger partial charge in [0.2, 0.25) is 0 Å². The van der Waals surface area contributed by atoms with Gasteiger partial charge in [-0.05, 0) is 29.1 Å². The van der Waals surface area contributed by atoms with Crippen LogP contribution in [0.1, 0.15) is 11.6 Å². The van der Waals surface area contributed by atoms with E-state index in [9.17, 15) is 4.79 Å². The highest BCUT2D eigenvalue weighted by Gasteiger charge is 2.30. The number of carbonyl (C=O) groups is 1. The lowest BCUT2D eigenvalue weighted by molar-refractivity contribution is -0.120. The van der Waals surface area contributed by atoms with Crippen LogP contribution in [0.2, 0.25) is 0 Å². The molecule has 0 aliphatic carbocycles. The van der Waals surface area contributed by atoms with Crippen molar-refractivity contribution >= 4 is 44.7 Å². The number of fused-ring (bicyclic) bond motifs is 1. The minimum Gasteiger partial charge on any atom is -0.347 e. The Bertz CT molecular complexity index is 590. The van der Waals surface area contributed by atoms with Crippen LogP contribution in [0.3, 0.4) is 0 Å². The Morgan fingerprint density at radius 2 is 2.12 bits per heavy atom. The number of rotatable bonds is 1. The summed E-state index contributed by atoms with van der Waals surface area (Å²) in [6.45, 7) is 0. The fourth-order valence-electron chi connectivity index (χ4n) is 1.86. The molecule has 5 heteroatoms. The quantitative estimate of drug-likeness (QED) is 0.758. The molecule has 1 aliphatic heterocycles. The Labute approximate surface area is 101 Å². The molecule has 16 heavy (non-hydrogen) atoms. The summed E-state index contributed by atoms with van der Waals surface area (Å²) in [5, 5.41) is 9.11. The number of thiocarbonyl (C=S) groups is 1. The second-order valence-electron chi connectivity index (χ2n) is 3.58. The van der Waals surface area contributed by atoms with Crippen molar-refractivity contribution in [1.82, 2.24) is 10.6 Å². The summed E-state index contributed by atoms with van der Waals surface area (Å²) in [6.07, 6.45) is 0. The summed E-state index contributed by atoms with van der Waals surface area (Å²) in [5.74, 6) is -0.0754. The van der Waals surface area contributed by atoms with Gasteiger partial charge in [0, 0.05) is 10.3 Å². The maximum absolute atomic E-state index is 11.7. The van der Waals surface area contributed by atoms with E-state index in [2.05, 4.69) is 16.7 Å². The van der Waals surface area contributed by atoms with Gasteiger partial charge in [0.05, 0.1) is 0 Å². The highest BCUT2D eigenvalue weighted by molar-refractivity contribution is 7.80. The van der Waals surface area contributed by atoms with E-state index in [1.54, 1.807) is 11.3 Å². The predicted molar refractivity (Wildman–Crippen MR) is 68.4 cm³/mol. The largest absolute Gasteiger partial charge is 0.347 e. The third-order valence-electron chi connectivity index (χ3n) is 2.60. The Morgan fingerprint density at radius 1 is 1.31 bits per heavy atom. The molecule has 2 heterocycles. The first-order chi connectivity index (χ1) is 7.75. The molecule has 0 radical (unpaired) electrons. The maximum atomic E-state index is 11.7. The highest BCUT2D eigenvalue weighted by Crippen LogP contribution is 2.31. The van der Waals surface area contributed by atoms with E-state index in [4.69, 9.17) is 12.2 Å². The molecule has 1 aliphatic rings. The van der Waals surface area contributed by atoms with Crippen molar-refractivity contribution in [3.05, 3.63) is 35.2 Å². The van der Waals surface area contributed by atoms with Crippen molar-refractivity contribution in [2.24, 2.45) is 0 Å². The standard InChI is InChI=1S/C11H8N2OS2/c14-10-9(12-11(15)13-10)7-5-16-8-4-2-1-3-6(7)8/h1-5,9H,(H2,12,13,14,15). The number of amides is 1. The van der Waals surface area contributed by atoms with Gasteiger partial charge >= 0.3 is 0 Å². The van der Waals surface area contributed by atoms with Gasteiger partial charge in [-0.3, -0.25) is 4.79 Å². The summed E-state index contributed by atoms with van der Waals surface area (Å²) in [7, 11) is 0. The zero-order chi connectivity index (χ0) is 11.1. The van der Waals surface area contributed by atoms with E-state index in [1.165, 1.54) is 4.70 Å². The molecule has 3 nitrogen and oxygen atoms in total. The van der Waals surface area contributed by atoms with Crippen LogP contribution in [0, 0.1) is 0 Å². The molecule has 3 rings (SSSR count). The maximum Gasteiger partial charge on any atom is 0.253 e. The number of thiophene rings is 1. The number of nitrogens with one attached hydrogen (secondary N) is 2. The van der Waals surface area contributed by atoms with Crippen LogP contribution in [0.4, 0.5) is 0 Å². The van der Waals surface area contributed by atoms with E-state index in [1.807, 2.05) is 23.6 Å². The Balaban J connectivity index is 2.13. The average Bonchev–Trinajstić information content (AvgIpc) is 2.81. The van der Waals surface area contributed by atoms with E-state index in [-0.39, 0.29) is 11.9 Å². The van der Waals surface area contributed by atoms with Gasteiger partial charge in [-0.2, -0.15) is 0 Å². The molecular formula is C11H8N2OS2. The first kappa shape index (κ1) is 9.74. The molecule has 1 saturated heterocycles. The molecule has 2 N–H and O–H groups in total. The molecule has 1 fully saturated rings. The molecule has 0 spiro atoms. The Kier molecular flexibility index (Phi) is 2.15. The third-order valence-corrected chi connectivity index (χ3v) is 3.80. The van der Waals surface area contributed by atoms with Crippen LogP contribution in [0.25, 0.3) is 10.1 Å². The van der Waals surface area contributed by atoms with E-state index >= 15 is 0 Å². The molecule has 1 aromatic carbocycles. The van der Waals surface area contributed by atoms with Crippen molar-refractivity contribution in [1.29, 1.82) is 0 Å². The van der Waals surface area contributed by atoms with Gasteiger partial charge in [0.15, 0.2) is 5.11 Å². The summed E-state index contributed by atoms with van der Waals surface area (Å²) >= 11 is 6.57. The van der Waals surface area contributed by atoms with Crippen molar-refractivity contribution in [3.63, 3.8) is 0 Å². The second kappa shape index (κ2) is 3.54. The van der Waals surface area contributed by atoms with Crippen LogP contribution >= 0.6 is 23.6 Å². The van der Waals surface area contributed by atoms with Gasteiger partial charge in [-0.1, -0.05) is 18.2 Å². The fourth-order valence-corrected chi connectivity index (χ4v) is 3.06. The molecule has 1 atom stereocenters. The number of carbonyl (C=O) groups excluding carboxylic acids is 1. The summed E-state index contributed by atoms with van der Waals surface area (Å²) in [6, 6.07) is 7.70. The minimum atomic E-state index is -0.344. The topological polar surface area (TPSA) is 41.1 Å². The molecule has 1 unspecified atom stereocenters. The average molecular weight is 248 g/mol. The van der Waals surface area contributed by atoms with Gasteiger partial charge in [0.25, 0.3) is 5.91 Å². The summed E-state index contributed by atoms with van der Waals surface area (Å²) in [4.78, 5) is 11.7. The first-order valence-electron chi connectivity index (χ1n) is 4.83. The Morgan fingerprint density at radius 3 is 2.88 bits per heavy atom. The fraction of sp³-hybridized carbons (Fsp3) is 0.0909. The molecule has 2 aromatic rings. The van der Waals surface area contributed by atoms with Gasteiger partial charge in [0.1, 0.15) is 6.04 Å². The smallest absolute Gasteiger partial charge is 0.253 e. The molecular weight excluding hydrogens is 240 g/mol. The first-order valence-corrected chi connectivity index (χ1v) is 6.12. The van der Waals surface area contributed by atoms with Crippen LogP contribution in [-0.4, -0.2) is 11.0 Å². The zero-order valence-electron chi connectivity index (χ0n) is 8.19. The second-order valence-corrected chi connectivity index (χ2v) is 4.90. The molecule has 1 aromatic heterocycles. The number of benzene rings is 1. The summed E-state index contributed by atoms with van der Waals surface area (Å²) in [5.41, 5.74) is 0.998. The lowest BCUT2D eigenvalue weighted by Gasteiger charge is -2.05. The zero-order valence-corrected chi connectivity index (χ0v) is 9.82. The molecule has 0 bridgehead atoms. The molecule has 0 saturated carbocycles. The normalized spacial score (nSPS) is 19.9. The number of hydrogen-bond donors (Lipinski definition) is 2. The third kappa shape index (κ3) is 1.40. The molecule has 1 amide bonds. The van der Waals surface area contributed by atoms with Crippen LogP contribution < -0.4 is 10.6 Å². The highest BCUT2D eigenvalue weighted by atomic mass is 32.1. The van der Waals surface area contributed by atoms with E-state index < -0.39 is 0 Å². The van der Waals surface area contributed by atoms with E-state index in [0.29, 0.717) is 5.11 Å². The number of hydrogen-bond acceptors (Lipinski definition) is 3.